The number of carbonyl (C=O) groups is 3. The number of hydrogen-bond acceptors (Lipinski definition) is 5. The van der Waals surface area contributed by atoms with Crippen molar-refractivity contribution >= 4 is 23.5 Å². The molecular formula is C12H16N4O4. The van der Waals surface area contributed by atoms with Gasteiger partial charge in [0.2, 0.25) is 5.91 Å². The normalized spacial score (nSPS) is 9.65. The van der Waals surface area contributed by atoms with Gasteiger partial charge in [-0.25, -0.2) is 0 Å². The van der Waals surface area contributed by atoms with Gasteiger partial charge in [0.05, 0.1) is 6.54 Å². The molecular weight excluding hydrogens is 264 g/mol. The van der Waals surface area contributed by atoms with Crippen LogP contribution in [0.5, 0.6) is 0 Å². The number of pyridine rings is 1. The van der Waals surface area contributed by atoms with Gasteiger partial charge in [-0.05, 0) is 19.1 Å². The number of carbonyl (C=O) groups excluding carboxylic acids is 2. The van der Waals surface area contributed by atoms with Crippen molar-refractivity contribution in [2.45, 2.75) is 6.92 Å². The van der Waals surface area contributed by atoms with Crippen molar-refractivity contribution in [2.24, 2.45) is 0 Å². The number of nitrogens with zero attached hydrogens (tertiary/aromatic N) is 1. The molecule has 0 fully saturated rings. The summed E-state index contributed by atoms with van der Waals surface area (Å²) < 4.78 is 0. The summed E-state index contributed by atoms with van der Waals surface area (Å²) in [6.07, 6.45) is 1.45. The zero-order valence-electron chi connectivity index (χ0n) is 11.0. The zero-order chi connectivity index (χ0) is 15.0. The SMILES string of the molecule is CCNC(=O)c1cc(NCC(=O)NCC(=O)O)ccn1. The molecule has 1 heterocycles. The molecule has 2 amide bonds. The zero-order valence-corrected chi connectivity index (χ0v) is 11.0. The topological polar surface area (TPSA) is 120 Å². The van der Waals surface area contributed by atoms with Crippen LogP contribution in [0.2, 0.25) is 0 Å². The Labute approximate surface area is 115 Å². The second-order valence-electron chi connectivity index (χ2n) is 3.81. The summed E-state index contributed by atoms with van der Waals surface area (Å²) >= 11 is 0. The molecule has 0 unspecified atom stereocenters. The predicted octanol–water partition coefficient (Wildman–Crippen LogP) is -0.556. The Morgan fingerprint density at radius 1 is 1.25 bits per heavy atom. The van der Waals surface area contributed by atoms with Gasteiger partial charge < -0.3 is 21.1 Å². The summed E-state index contributed by atoms with van der Waals surface area (Å²) in [6.45, 7) is 1.77. The van der Waals surface area contributed by atoms with Crippen LogP contribution in [0.25, 0.3) is 0 Å². The van der Waals surface area contributed by atoms with Crippen LogP contribution in [0.4, 0.5) is 5.69 Å². The van der Waals surface area contributed by atoms with Crippen molar-refractivity contribution in [3.05, 3.63) is 24.0 Å². The van der Waals surface area contributed by atoms with E-state index in [1.165, 1.54) is 12.3 Å². The maximum Gasteiger partial charge on any atom is 0.322 e. The molecule has 0 radical (unpaired) electrons. The number of aromatic nitrogens is 1. The monoisotopic (exact) mass is 280 g/mol. The van der Waals surface area contributed by atoms with E-state index in [0.29, 0.717) is 12.2 Å². The van der Waals surface area contributed by atoms with E-state index in [1.54, 1.807) is 13.0 Å². The van der Waals surface area contributed by atoms with Crippen LogP contribution < -0.4 is 16.0 Å². The molecule has 8 heteroatoms. The first kappa shape index (κ1) is 15.4. The smallest absolute Gasteiger partial charge is 0.322 e. The number of carboxylic acids is 1. The van der Waals surface area contributed by atoms with Gasteiger partial charge in [-0.3, -0.25) is 19.4 Å². The number of rotatable bonds is 7. The van der Waals surface area contributed by atoms with Crippen molar-refractivity contribution in [1.29, 1.82) is 0 Å². The minimum absolute atomic E-state index is 0.0911. The van der Waals surface area contributed by atoms with Gasteiger partial charge in [-0.15, -0.1) is 0 Å². The highest BCUT2D eigenvalue weighted by atomic mass is 16.4. The number of carboxylic acid groups (broad SMARTS) is 1. The molecule has 0 aliphatic rings. The maximum absolute atomic E-state index is 11.6. The molecule has 0 atom stereocenters. The standard InChI is InChI=1S/C12H16N4O4/c1-2-13-12(20)9-5-8(3-4-14-9)15-6-10(17)16-7-11(18)19/h3-5H,2,6-7H2,1H3,(H,13,20)(H,14,15)(H,16,17)(H,18,19). The van der Waals surface area contributed by atoms with Crippen LogP contribution in [0.15, 0.2) is 18.3 Å². The van der Waals surface area contributed by atoms with Gasteiger partial charge in [0.1, 0.15) is 12.2 Å². The number of nitrogens with one attached hydrogen (secondary N) is 3. The summed E-state index contributed by atoms with van der Waals surface area (Å²) in [5, 5.41) is 16.0. The summed E-state index contributed by atoms with van der Waals surface area (Å²) in [7, 11) is 0. The molecule has 0 saturated heterocycles. The van der Waals surface area contributed by atoms with E-state index in [4.69, 9.17) is 5.11 Å². The molecule has 0 aliphatic carbocycles. The fraction of sp³-hybridized carbons (Fsp3) is 0.333. The molecule has 1 aromatic heterocycles. The molecule has 0 spiro atoms. The van der Waals surface area contributed by atoms with Crippen molar-refractivity contribution in [3.8, 4) is 0 Å². The molecule has 1 aromatic rings. The first-order chi connectivity index (χ1) is 9.52. The van der Waals surface area contributed by atoms with Crippen molar-refractivity contribution in [1.82, 2.24) is 15.6 Å². The molecule has 0 aromatic carbocycles. The van der Waals surface area contributed by atoms with Gasteiger partial charge in [0.15, 0.2) is 0 Å². The lowest BCUT2D eigenvalue weighted by Gasteiger charge is -2.07. The van der Waals surface area contributed by atoms with Crippen molar-refractivity contribution in [2.75, 3.05) is 25.0 Å². The van der Waals surface area contributed by atoms with Gasteiger partial charge in [0.25, 0.3) is 5.91 Å². The Balaban J connectivity index is 2.52. The Morgan fingerprint density at radius 3 is 2.65 bits per heavy atom. The Kier molecular flexibility index (Phi) is 5.95. The molecule has 108 valence electrons. The van der Waals surface area contributed by atoms with Crippen LogP contribution in [0, 0.1) is 0 Å². The van der Waals surface area contributed by atoms with E-state index in [2.05, 4.69) is 20.9 Å². The third-order valence-corrected chi connectivity index (χ3v) is 2.22. The molecule has 0 bridgehead atoms. The lowest BCUT2D eigenvalue weighted by Crippen LogP contribution is -2.33. The molecule has 0 saturated carbocycles. The summed E-state index contributed by atoms with van der Waals surface area (Å²) in [5.41, 5.74) is 0.787. The van der Waals surface area contributed by atoms with E-state index in [9.17, 15) is 14.4 Å². The Bertz CT molecular complexity index is 504. The molecule has 1 rings (SSSR count). The van der Waals surface area contributed by atoms with Gasteiger partial charge in [-0.1, -0.05) is 0 Å². The average Bonchev–Trinajstić information content (AvgIpc) is 2.43. The number of aliphatic carboxylic acids is 1. The highest BCUT2D eigenvalue weighted by Gasteiger charge is 2.07. The van der Waals surface area contributed by atoms with Gasteiger partial charge >= 0.3 is 5.97 Å². The highest BCUT2D eigenvalue weighted by molar-refractivity contribution is 5.93. The molecule has 0 aliphatic heterocycles. The average molecular weight is 280 g/mol. The molecule has 20 heavy (non-hydrogen) atoms. The third-order valence-electron chi connectivity index (χ3n) is 2.22. The minimum Gasteiger partial charge on any atom is -0.480 e. The summed E-state index contributed by atoms with van der Waals surface area (Å²) in [4.78, 5) is 37.1. The van der Waals surface area contributed by atoms with Crippen LogP contribution >= 0.6 is 0 Å². The van der Waals surface area contributed by atoms with E-state index in [0.717, 1.165) is 0 Å². The molecule has 4 N–H and O–H groups in total. The number of hydrogen-bond donors (Lipinski definition) is 4. The lowest BCUT2D eigenvalue weighted by atomic mass is 10.3. The second-order valence-corrected chi connectivity index (χ2v) is 3.81. The fourth-order valence-electron chi connectivity index (χ4n) is 1.33. The van der Waals surface area contributed by atoms with Gasteiger partial charge in [0, 0.05) is 18.4 Å². The largest absolute Gasteiger partial charge is 0.480 e. The number of amides is 2. The van der Waals surface area contributed by atoms with Crippen molar-refractivity contribution in [3.63, 3.8) is 0 Å². The molecule has 8 nitrogen and oxygen atoms in total. The second kappa shape index (κ2) is 7.72. The summed E-state index contributed by atoms with van der Waals surface area (Å²) in [6, 6.07) is 3.11. The highest BCUT2D eigenvalue weighted by Crippen LogP contribution is 2.07. The first-order valence-corrected chi connectivity index (χ1v) is 5.99. The summed E-state index contributed by atoms with van der Waals surface area (Å²) in [5.74, 6) is -1.86. The Hall–Kier alpha value is -2.64. The first-order valence-electron chi connectivity index (χ1n) is 5.99. The minimum atomic E-state index is -1.11. The third kappa shape index (κ3) is 5.34. The van der Waals surface area contributed by atoms with E-state index in [1.807, 2.05) is 0 Å². The Morgan fingerprint density at radius 2 is 2.00 bits per heavy atom. The predicted molar refractivity (Wildman–Crippen MR) is 71.4 cm³/mol. The van der Waals surface area contributed by atoms with Gasteiger partial charge in [-0.2, -0.15) is 0 Å². The van der Waals surface area contributed by atoms with Crippen LogP contribution in [0.1, 0.15) is 17.4 Å². The number of anilines is 1. The van der Waals surface area contributed by atoms with E-state index in [-0.39, 0.29) is 18.1 Å². The fourth-order valence-corrected chi connectivity index (χ4v) is 1.33. The van der Waals surface area contributed by atoms with Crippen LogP contribution in [0.3, 0.4) is 0 Å². The van der Waals surface area contributed by atoms with Crippen molar-refractivity contribution < 1.29 is 19.5 Å². The van der Waals surface area contributed by atoms with E-state index >= 15 is 0 Å². The van der Waals surface area contributed by atoms with Crippen LogP contribution in [-0.4, -0.2) is 47.5 Å². The quantitative estimate of drug-likeness (QED) is 0.531. The lowest BCUT2D eigenvalue weighted by molar-refractivity contribution is -0.137. The van der Waals surface area contributed by atoms with E-state index < -0.39 is 18.4 Å². The maximum atomic E-state index is 11.6. The van der Waals surface area contributed by atoms with Crippen LogP contribution in [-0.2, 0) is 9.59 Å².